The van der Waals surface area contributed by atoms with E-state index in [1.165, 1.54) is 12.3 Å². The number of carbonyl (C=O) groups is 2. The molecule has 0 bridgehead atoms. The molecule has 0 spiro atoms. The fourth-order valence-electron chi connectivity index (χ4n) is 2.39. The van der Waals surface area contributed by atoms with Gasteiger partial charge < -0.3 is 15.4 Å². The molecule has 116 valence electrons. The number of carboxylic acids is 1. The van der Waals surface area contributed by atoms with E-state index in [2.05, 4.69) is 15.3 Å². The van der Waals surface area contributed by atoms with Crippen LogP contribution in [0.5, 0.6) is 0 Å². The SMILES string of the molecule is O=C(Cc1c(C(=O)O)[nH]c2ccccc12)Nc1cc(Cl)ccn1. The van der Waals surface area contributed by atoms with Gasteiger partial charge in [0.25, 0.3) is 0 Å². The predicted molar refractivity (Wildman–Crippen MR) is 86.8 cm³/mol. The highest BCUT2D eigenvalue weighted by Gasteiger charge is 2.19. The number of aromatic amines is 1. The third kappa shape index (κ3) is 3.17. The summed E-state index contributed by atoms with van der Waals surface area (Å²) in [5, 5.41) is 13.1. The summed E-state index contributed by atoms with van der Waals surface area (Å²) in [6.07, 6.45) is 1.39. The Morgan fingerprint density at radius 3 is 2.78 bits per heavy atom. The number of pyridine rings is 1. The van der Waals surface area contributed by atoms with Crippen LogP contribution in [0.15, 0.2) is 42.6 Å². The summed E-state index contributed by atoms with van der Waals surface area (Å²) >= 11 is 5.84. The van der Waals surface area contributed by atoms with E-state index in [1.54, 1.807) is 30.3 Å². The van der Waals surface area contributed by atoms with Crippen molar-refractivity contribution in [2.24, 2.45) is 0 Å². The van der Waals surface area contributed by atoms with Crippen LogP contribution in [-0.2, 0) is 11.2 Å². The topological polar surface area (TPSA) is 95.1 Å². The largest absolute Gasteiger partial charge is 0.477 e. The molecule has 0 unspecified atom stereocenters. The number of carboxylic acid groups (broad SMARTS) is 1. The first-order chi connectivity index (χ1) is 11.0. The van der Waals surface area contributed by atoms with Crippen molar-refractivity contribution in [2.75, 3.05) is 5.32 Å². The third-order valence-corrected chi connectivity index (χ3v) is 3.59. The van der Waals surface area contributed by atoms with Gasteiger partial charge in [-0.3, -0.25) is 4.79 Å². The molecule has 0 radical (unpaired) electrons. The number of H-pyrrole nitrogens is 1. The van der Waals surface area contributed by atoms with Crippen LogP contribution < -0.4 is 5.32 Å². The van der Waals surface area contributed by atoms with Gasteiger partial charge in [0.2, 0.25) is 5.91 Å². The molecule has 0 saturated carbocycles. The van der Waals surface area contributed by atoms with Crippen molar-refractivity contribution in [3.63, 3.8) is 0 Å². The van der Waals surface area contributed by atoms with Gasteiger partial charge in [-0.15, -0.1) is 0 Å². The first-order valence-electron chi connectivity index (χ1n) is 6.79. The van der Waals surface area contributed by atoms with E-state index in [9.17, 15) is 14.7 Å². The summed E-state index contributed by atoms with van der Waals surface area (Å²) in [5.74, 6) is -1.16. The Hall–Kier alpha value is -2.86. The Kier molecular flexibility index (Phi) is 3.99. The Balaban J connectivity index is 1.90. The molecule has 7 heteroatoms. The van der Waals surface area contributed by atoms with E-state index in [0.717, 1.165) is 0 Å². The Morgan fingerprint density at radius 1 is 1.26 bits per heavy atom. The van der Waals surface area contributed by atoms with Gasteiger partial charge in [-0.1, -0.05) is 29.8 Å². The summed E-state index contributed by atoms with van der Waals surface area (Å²) in [6, 6.07) is 10.2. The van der Waals surface area contributed by atoms with Crippen molar-refractivity contribution in [3.05, 3.63) is 58.9 Å². The molecule has 0 atom stereocenters. The molecule has 2 heterocycles. The molecule has 0 saturated heterocycles. The van der Waals surface area contributed by atoms with E-state index in [0.29, 0.717) is 27.3 Å². The van der Waals surface area contributed by atoms with Crippen LogP contribution >= 0.6 is 11.6 Å². The van der Waals surface area contributed by atoms with Gasteiger partial charge >= 0.3 is 5.97 Å². The molecule has 3 rings (SSSR count). The molecule has 6 nitrogen and oxygen atoms in total. The highest BCUT2D eigenvalue weighted by Crippen LogP contribution is 2.23. The number of amides is 1. The van der Waals surface area contributed by atoms with Crippen LogP contribution in [0.1, 0.15) is 16.1 Å². The summed E-state index contributed by atoms with van der Waals surface area (Å²) in [5.41, 5.74) is 1.13. The average Bonchev–Trinajstić information content (AvgIpc) is 2.86. The van der Waals surface area contributed by atoms with Crippen LogP contribution in [0.4, 0.5) is 5.82 Å². The molecule has 1 amide bonds. The lowest BCUT2D eigenvalue weighted by Gasteiger charge is -2.05. The quantitative estimate of drug-likeness (QED) is 0.685. The number of rotatable bonds is 4. The number of hydrogen-bond acceptors (Lipinski definition) is 3. The molecular formula is C16H12ClN3O3. The minimum absolute atomic E-state index is 0.0143. The van der Waals surface area contributed by atoms with E-state index in [1.807, 2.05) is 0 Å². The molecule has 3 N–H and O–H groups in total. The standard InChI is InChI=1S/C16H12ClN3O3/c17-9-5-6-18-13(7-9)20-14(21)8-11-10-3-1-2-4-12(10)19-15(11)16(22)23/h1-7,19H,8H2,(H,22,23)(H,18,20,21). The maximum atomic E-state index is 12.2. The minimum atomic E-state index is -1.11. The molecular weight excluding hydrogens is 318 g/mol. The second kappa shape index (κ2) is 6.10. The fourth-order valence-corrected chi connectivity index (χ4v) is 2.55. The monoisotopic (exact) mass is 329 g/mol. The van der Waals surface area contributed by atoms with E-state index < -0.39 is 5.97 Å². The van der Waals surface area contributed by atoms with Crippen LogP contribution in [0.2, 0.25) is 5.02 Å². The van der Waals surface area contributed by atoms with Crippen LogP contribution in [0.25, 0.3) is 10.9 Å². The van der Waals surface area contributed by atoms with Gasteiger partial charge in [-0.05, 0) is 18.2 Å². The van der Waals surface area contributed by atoms with Gasteiger partial charge in [0, 0.05) is 27.7 Å². The number of nitrogens with one attached hydrogen (secondary N) is 2. The summed E-state index contributed by atoms with van der Waals surface area (Å²) in [7, 11) is 0. The second-order valence-corrected chi connectivity index (χ2v) is 5.35. The number of aromatic nitrogens is 2. The maximum Gasteiger partial charge on any atom is 0.352 e. The number of anilines is 1. The van der Waals surface area contributed by atoms with Gasteiger partial charge in [-0.2, -0.15) is 0 Å². The van der Waals surface area contributed by atoms with Crippen molar-refractivity contribution >= 4 is 40.2 Å². The molecule has 23 heavy (non-hydrogen) atoms. The van der Waals surface area contributed by atoms with E-state index in [4.69, 9.17) is 11.6 Å². The zero-order valence-corrected chi connectivity index (χ0v) is 12.6. The maximum absolute atomic E-state index is 12.2. The number of carbonyl (C=O) groups excluding carboxylic acids is 1. The average molecular weight is 330 g/mol. The molecule has 0 aliphatic rings. The predicted octanol–water partition coefficient (Wildman–Crippen LogP) is 3.10. The zero-order chi connectivity index (χ0) is 16.4. The van der Waals surface area contributed by atoms with Gasteiger partial charge in [0.1, 0.15) is 11.5 Å². The Bertz CT molecular complexity index is 904. The lowest BCUT2D eigenvalue weighted by atomic mass is 10.1. The number of fused-ring (bicyclic) bond motifs is 1. The van der Waals surface area contributed by atoms with Gasteiger partial charge in [-0.25, -0.2) is 9.78 Å². The number of halogens is 1. The zero-order valence-electron chi connectivity index (χ0n) is 11.8. The summed E-state index contributed by atoms with van der Waals surface area (Å²) in [6.45, 7) is 0. The molecule has 2 aromatic heterocycles. The molecule has 3 aromatic rings. The molecule has 1 aromatic carbocycles. The van der Waals surface area contributed by atoms with Crippen LogP contribution in [-0.4, -0.2) is 27.0 Å². The van der Waals surface area contributed by atoms with Gasteiger partial charge in [0.05, 0.1) is 6.42 Å². The lowest BCUT2D eigenvalue weighted by molar-refractivity contribution is -0.115. The molecule has 0 aliphatic heterocycles. The van der Waals surface area contributed by atoms with Crippen molar-refractivity contribution in [2.45, 2.75) is 6.42 Å². The second-order valence-electron chi connectivity index (χ2n) is 4.91. The minimum Gasteiger partial charge on any atom is -0.477 e. The number of nitrogens with zero attached hydrogens (tertiary/aromatic N) is 1. The highest BCUT2D eigenvalue weighted by molar-refractivity contribution is 6.30. The number of para-hydroxylation sites is 1. The van der Waals surface area contributed by atoms with Crippen molar-refractivity contribution < 1.29 is 14.7 Å². The van der Waals surface area contributed by atoms with E-state index in [-0.39, 0.29) is 18.0 Å². The van der Waals surface area contributed by atoms with Gasteiger partial charge in [0.15, 0.2) is 0 Å². The number of benzene rings is 1. The van der Waals surface area contributed by atoms with Crippen molar-refractivity contribution in [1.82, 2.24) is 9.97 Å². The van der Waals surface area contributed by atoms with Crippen molar-refractivity contribution in [3.8, 4) is 0 Å². The van der Waals surface area contributed by atoms with E-state index >= 15 is 0 Å². The Morgan fingerprint density at radius 2 is 2.04 bits per heavy atom. The highest BCUT2D eigenvalue weighted by atomic mass is 35.5. The number of hydrogen-bond donors (Lipinski definition) is 3. The third-order valence-electron chi connectivity index (χ3n) is 3.35. The lowest BCUT2D eigenvalue weighted by Crippen LogP contribution is -2.16. The normalized spacial score (nSPS) is 10.7. The van der Waals surface area contributed by atoms with Crippen LogP contribution in [0.3, 0.4) is 0 Å². The Labute approximate surface area is 136 Å². The van der Waals surface area contributed by atoms with Crippen molar-refractivity contribution in [1.29, 1.82) is 0 Å². The molecule has 0 aliphatic carbocycles. The first-order valence-corrected chi connectivity index (χ1v) is 7.16. The molecule has 0 fully saturated rings. The summed E-state index contributed by atoms with van der Waals surface area (Å²) < 4.78 is 0. The number of aromatic carboxylic acids is 1. The summed E-state index contributed by atoms with van der Waals surface area (Å²) in [4.78, 5) is 30.4. The first kappa shape index (κ1) is 15.1. The fraction of sp³-hybridized carbons (Fsp3) is 0.0625. The smallest absolute Gasteiger partial charge is 0.352 e. The van der Waals surface area contributed by atoms with Crippen LogP contribution in [0, 0.1) is 0 Å².